The number of fused-ring (bicyclic) bond motifs is 2. The molecule has 0 spiro atoms. The monoisotopic (exact) mass is 492 g/mol. The van der Waals surface area contributed by atoms with Crippen molar-refractivity contribution in [3.8, 4) is 5.88 Å². The highest BCUT2D eigenvalue weighted by Crippen LogP contribution is 2.34. The van der Waals surface area contributed by atoms with E-state index >= 15 is 0 Å². The Morgan fingerprint density at radius 1 is 1.21 bits per heavy atom. The molecule has 8 nitrogen and oxygen atoms in total. The van der Waals surface area contributed by atoms with Crippen LogP contribution in [-0.4, -0.2) is 67.5 Å². The Labute approximate surface area is 200 Å². The van der Waals surface area contributed by atoms with Crippen LogP contribution in [0.15, 0.2) is 29.4 Å². The molecule has 0 amide bonds. The zero-order chi connectivity index (χ0) is 24.7. The van der Waals surface area contributed by atoms with Crippen molar-refractivity contribution in [1.29, 1.82) is 0 Å². The molecule has 10 heteroatoms. The molecule has 4 rings (SSSR count). The fraction of sp³-hybridized carbons (Fsp3) is 0.583. The summed E-state index contributed by atoms with van der Waals surface area (Å²) in [5.74, 6) is 0.186. The summed E-state index contributed by atoms with van der Waals surface area (Å²) in [5, 5.41) is 2.94. The van der Waals surface area contributed by atoms with E-state index in [2.05, 4.69) is 41.0 Å². The number of halogens is 1. The Balaban J connectivity index is 1.48. The van der Waals surface area contributed by atoms with E-state index < -0.39 is 15.7 Å². The second kappa shape index (κ2) is 9.39. The Morgan fingerprint density at radius 2 is 1.88 bits per heavy atom. The normalized spacial score (nSPS) is 23.5. The molecule has 1 aromatic carbocycles. The highest BCUT2D eigenvalue weighted by molar-refractivity contribution is 7.90. The molecule has 0 radical (unpaired) electrons. The molecule has 1 aromatic heterocycles. The molecule has 0 unspecified atom stereocenters. The first kappa shape index (κ1) is 24.8. The molecular weight excluding hydrogens is 459 g/mol. The molecule has 2 bridgehead atoms. The van der Waals surface area contributed by atoms with Crippen LogP contribution in [0.5, 0.6) is 5.88 Å². The summed E-state index contributed by atoms with van der Waals surface area (Å²) in [6, 6.07) is 4.36. The van der Waals surface area contributed by atoms with Crippen molar-refractivity contribution in [2.45, 2.75) is 63.6 Å². The molecule has 34 heavy (non-hydrogen) atoms. The maximum Gasteiger partial charge on any atom is 0.221 e. The zero-order valence-corrected chi connectivity index (χ0v) is 21.2. The highest BCUT2D eigenvalue weighted by Gasteiger charge is 2.41. The zero-order valence-electron chi connectivity index (χ0n) is 20.3. The Kier molecular flexibility index (Phi) is 6.85. The van der Waals surface area contributed by atoms with E-state index in [9.17, 15) is 12.8 Å². The smallest absolute Gasteiger partial charge is 0.221 e. The van der Waals surface area contributed by atoms with Crippen LogP contribution in [0.25, 0.3) is 0 Å². The molecule has 2 aliphatic heterocycles. The van der Waals surface area contributed by atoms with Gasteiger partial charge in [-0.3, -0.25) is 4.90 Å². The van der Waals surface area contributed by atoms with Gasteiger partial charge >= 0.3 is 0 Å². The minimum absolute atomic E-state index is 0.00217. The minimum Gasteiger partial charge on any atom is -0.474 e. The van der Waals surface area contributed by atoms with Gasteiger partial charge in [0.15, 0.2) is 9.84 Å². The average molecular weight is 493 g/mol. The van der Waals surface area contributed by atoms with Crippen LogP contribution < -0.4 is 10.1 Å². The third-order valence-electron chi connectivity index (χ3n) is 6.22. The number of anilines is 2. The molecule has 2 aromatic rings. The van der Waals surface area contributed by atoms with Gasteiger partial charge in [0.05, 0.1) is 29.4 Å². The number of piperidine rings is 1. The topological polar surface area (TPSA) is 93.7 Å². The number of sulfone groups is 1. The lowest BCUT2D eigenvalue weighted by Gasteiger charge is -2.50. The molecule has 2 saturated heterocycles. The van der Waals surface area contributed by atoms with E-state index in [1.54, 1.807) is 0 Å². The van der Waals surface area contributed by atoms with Crippen molar-refractivity contribution in [2.24, 2.45) is 5.41 Å². The van der Waals surface area contributed by atoms with Gasteiger partial charge in [0, 0.05) is 37.7 Å². The average Bonchev–Trinajstić information content (AvgIpc) is 2.71. The van der Waals surface area contributed by atoms with Crippen molar-refractivity contribution >= 4 is 21.3 Å². The first-order valence-corrected chi connectivity index (χ1v) is 13.4. The van der Waals surface area contributed by atoms with E-state index in [-0.39, 0.29) is 22.1 Å². The van der Waals surface area contributed by atoms with Crippen molar-refractivity contribution in [2.75, 3.05) is 31.3 Å². The second-order valence-electron chi connectivity index (χ2n) is 10.5. The van der Waals surface area contributed by atoms with Crippen LogP contribution in [0.3, 0.4) is 0 Å². The largest absolute Gasteiger partial charge is 0.474 e. The summed E-state index contributed by atoms with van der Waals surface area (Å²) in [7, 11) is -3.49. The van der Waals surface area contributed by atoms with Crippen LogP contribution in [0, 0.1) is 18.2 Å². The van der Waals surface area contributed by atoms with E-state index in [0.717, 1.165) is 31.7 Å². The predicted molar refractivity (Wildman–Crippen MR) is 128 cm³/mol. The maximum atomic E-state index is 14.5. The lowest BCUT2D eigenvalue weighted by atomic mass is 9.87. The Morgan fingerprint density at radius 3 is 2.47 bits per heavy atom. The number of morpholine rings is 1. The predicted octanol–water partition coefficient (Wildman–Crippen LogP) is 3.73. The van der Waals surface area contributed by atoms with Gasteiger partial charge in [-0.25, -0.2) is 22.8 Å². The molecule has 3 atom stereocenters. The van der Waals surface area contributed by atoms with Crippen molar-refractivity contribution in [3.05, 3.63) is 35.9 Å². The molecule has 2 fully saturated rings. The van der Waals surface area contributed by atoms with Gasteiger partial charge in [-0.1, -0.05) is 20.8 Å². The van der Waals surface area contributed by atoms with E-state index in [0.29, 0.717) is 42.6 Å². The summed E-state index contributed by atoms with van der Waals surface area (Å²) in [5.41, 5.74) is 0.995. The van der Waals surface area contributed by atoms with Gasteiger partial charge in [-0.05, 0) is 30.5 Å². The van der Waals surface area contributed by atoms with Crippen LogP contribution in [0.4, 0.5) is 15.9 Å². The summed E-state index contributed by atoms with van der Waals surface area (Å²) >= 11 is 0. The quantitative estimate of drug-likeness (QED) is 0.652. The number of benzene rings is 1. The molecule has 3 heterocycles. The molecule has 2 aliphatic rings. The van der Waals surface area contributed by atoms with Gasteiger partial charge in [0.25, 0.3) is 0 Å². The van der Waals surface area contributed by atoms with E-state index in [4.69, 9.17) is 9.47 Å². The maximum absolute atomic E-state index is 14.5. The van der Waals surface area contributed by atoms with Gasteiger partial charge < -0.3 is 14.8 Å². The van der Waals surface area contributed by atoms with E-state index in [1.807, 2.05) is 6.92 Å². The number of ether oxygens (including phenoxy) is 2. The van der Waals surface area contributed by atoms with Crippen molar-refractivity contribution in [1.82, 2.24) is 14.9 Å². The Hall–Kier alpha value is -2.30. The number of nitrogens with zero attached hydrogens (tertiary/aromatic N) is 3. The first-order chi connectivity index (χ1) is 15.9. The SMILES string of the molecule is Cc1c(Nc2ccc(S(C)(=O)=O)cc2F)ncnc1O[C@H]1C[C@H]2COC[C@@H](C1)N2CC(C)(C)C. The fourth-order valence-corrected chi connectivity index (χ4v) is 5.27. The first-order valence-electron chi connectivity index (χ1n) is 11.5. The molecule has 0 saturated carbocycles. The third-order valence-corrected chi connectivity index (χ3v) is 7.33. The minimum atomic E-state index is -3.49. The fourth-order valence-electron chi connectivity index (χ4n) is 4.63. The van der Waals surface area contributed by atoms with Gasteiger partial charge in [0.1, 0.15) is 24.1 Å². The van der Waals surface area contributed by atoms with Crippen molar-refractivity contribution < 1.29 is 22.3 Å². The summed E-state index contributed by atoms with van der Waals surface area (Å²) in [6.07, 6.45) is 4.12. The van der Waals surface area contributed by atoms with Crippen molar-refractivity contribution in [3.63, 3.8) is 0 Å². The van der Waals surface area contributed by atoms with Gasteiger partial charge in [-0.15, -0.1) is 0 Å². The molecular formula is C24H33FN4O4S. The van der Waals surface area contributed by atoms with Gasteiger partial charge in [-0.2, -0.15) is 0 Å². The van der Waals surface area contributed by atoms with Crippen LogP contribution in [-0.2, 0) is 14.6 Å². The summed E-state index contributed by atoms with van der Waals surface area (Å²) in [6.45, 7) is 11.0. The lowest BCUT2D eigenvalue weighted by Crippen LogP contribution is -2.60. The second-order valence-corrected chi connectivity index (χ2v) is 12.5. The standard InChI is InChI=1S/C24H33FN4O4S/c1-15-22(28-21-7-6-19(10-20(21)25)34(5,30)31)26-14-27-23(15)33-18-8-16-11-32-12-17(9-18)29(16)13-24(2,3)4/h6-7,10,14,16-18H,8-9,11-13H2,1-5H3,(H,26,27,28)/t16-,17+,18-. The third kappa shape index (κ3) is 5.67. The highest BCUT2D eigenvalue weighted by atomic mass is 32.2. The summed E-state index contributed by atoms with van der Waals surface area (Å²) < 4.78 is 50.0. The van der Waals surface area contributed by atoms with Crippen LogP contribution in [0.1, 0.15) is 39.2 Å². The molecule has 1 N–H and O–H groups in total. The number of aromatic nitrogens is 2. The van der Waals surface area contributed by atoms with Crippen LogP contribution in [0.2, 0.25) is 0 Å². The lowest BCUT2D eigenvalue weighted by molar-refractivity contribution is -0.109. The number of nitrogens with one attached hydrogen (secondary N) is 1. The number of hydrogen-bond acceptors (Lipinski definition) is 8. The van der Waals surface area contributed by atoms with Crippen LogP contribution >= 0.6 is 0 Å². The van der Waals surface area contributed by atoms with Gasteiger partial charge in [0.2, 0.25) is 5.88 Å². The number of rotatable bonds is 6. The molecule has 186 valence electrons. The van der Waals surface area contributed by atoms with E-state index in [1.165, 1.54) is 18.5 Å². The number of hydrogen-bond donors (Lipinski definition) is 1. The Bertz CT molecular complexity index is 1140. The summed E-state index contributed by atoms with van der Waals surface area (Å²) in [4.78, 5) is 11.0. The molecule has 0 aliphatic carbocycles.